The molecule has 4 rings (SSSR count). The molecule has 152 valence electrons. The van der Waals surface area contributed by atoms with Crippen LogP contribution in [0, 0.1) is 20.8 Å². The Bertz CT molecular complexity index is 1260. The monoisotopic (exact) mass is 416 g/mol. The number of para-hydroxylation sites is 1. The largest absolute Gasteiger partial charge is 0.493 e. The van der Waals surface area contributed by atoms with Gasteiger partial charge in [-0.2, -0.15) is 0 Å². The van der Waals surface area contributed by atoms with Crippen LogP contribution in [0.1, 0.15) is 16.7 Å². The van der Waals surface area contributed by atoms with Crippen molar-refractivity contribution >= 4 is 22.7 Å². The second-order valence-corrected chi connectivity index (χ2v) is 8.40. The minimum atomic E-state index is -0.0500. The van der Waals surface area contributed by atoms with Crippen LogP contribution in [0.2, 0.25) is 0 Å². The van der Waals surface area contributed by atoms with E-state index in [1.807, 2.05) is 73.7 Å². The van der Waals surface area contributed by atoms with Gasteiger partial charge in [0.25, 0.3) is 5.56 Å². The molecule has 5 heteroatoms. The van der Waals surface area contributed by atoms with E-state index >= 15 is 0 Å². The molecule has 0 unspecified atom stereocenters. The number of ether oxygens (including phenoxy) is 1. The highest BCUT2D eigenvalue weighted by Gasteiger charge is 2.14. The van der Waals surface area contributed by atoms with Gasteiger partial charge in [0.2, 0.25) is 0 Å². The third-order valence-corrected chi connectivity index (χ3v) is 5.97. The molecule has 0 fully saturated rings. The molecule has 4 aromatic rings. The van der Waals surface area contributed by atoms with Gasteiger partial charge in [-0.3, -0.25) is 9.36 Å². The Morgan fingerprint density at radius 2 is 1.77 bits per heavy atom. The lowest BCUT2D eigenvalue weighted by Crippen LogP contribution is -2.22. The fraction of sp³-hybridized carbons (Fsp3) is 0.200. The fourth-order valence-corrected chi connectivity index (χ4v) is 4.13. The lowest BCUT2D eigenvalue weighted by molar-refractivity contribution is 0.343. The molecule has 0 saturated carbocycles. The molecule has 0 aliphatic rings. The second-order valence-electron chi connectivity index (χ2n) is 7.33. The van der Waals surface area contributed by atoms with Gasteiger partial charge in [-0.15, -0.1) is 0 Å². The number of rotatable bonds is 6. The van der Waals surface area contributed by atoms with Crippen LogP contribution in [-0.4, -0.2) is 21.9 Å². The van der Waals surface area contributed by atoms with Gasteiger partial charge < -0.3 is 4.74 Å². The van der Waals surface area contributed by atoms with Crippen LogP contribution in [0.5, 0.6) is 5.75 Å². The average Bonchev–Trinajstić information content (AvgIpc) is 2.74. The SMILES string of the molecule is Cc1cccc(OCCSc2nc3ccccc3c(=O)n2-c2ccc(C)c(C)c2)c1. The molecule has 0 aliphatic carbocycles. The summed E-state index contributed by atoms with van der Waals surface area (Å²) in [6.45, 7) is 6.70. The van der Waals surface area contributed by atoms with Crippen LogP contribution in [-0.2, 0) is 0 Å². The summed E-state index contributed by atoms with van der Waals surface area (Å²) in [6.07, 6.45) is 0. The average molecular weight is 417 g/mol. The summed E-state index contributed by atoms with van der Waals surface area (Å²) in [6, 6.07) is 21.6. The summed E-state index contributed by atoms with van der Waals surface area (Å²) in [5.41, 5.74) is 5.01. The number of hydrogen-bond donors (Lipinski definition) is 0. The summed E-state index contributed by atoms with van der Waals surface area (Å²) in [5.74, 6) is 1.54. The molecule has 0 spiro atoms. The van der Waals surface area contributed by atoms with Crippen molar-refractivity contribution in [2.24, 2.45) is 0 Å². The van der Waals surface area contributed by atoms with Crippen molar-refractivity contribution in [2.45, 2.75) is 25.9 Å². The molecule has 4 nitrogen and oxygen atoms in total. The molecule has 0 bridgehead atoms. The molecule has 1 heterocycles. The normalized spacial score (nSPS) is 11.0. The van der Waals surface area contributed by atoms with Crippen LogP contribution in [0.25, 0.3) is 16.6 Å². The minimum absolute atomic E-state index is 0.0500. The zero-order chi connectivity index (χ0) is 21.1. The Balaban J connectivity index is 1.65. The Morgan fingerprint density at radius 1 is 0.933 bits per heavy atom. The van der Waals surface area contributed by atoms with Crippen molar-refractivity contribution in [3.05, 3.63) is 93.8 Å². The summed E-state index contributed by atoms with van der Waals surface area (Å²) < 4.78 is 7.59. The van der Waals surface area contributed by atoms with E-state index in [2.05, 4.69) is 13.8 Å². The Kier molecular flexibility index (Phi) is 5.91. The number of fused-ring (bicyclic) bond motifs is 1. The van der Waals surface area contributed by atoms with Gasteiger partial charge in [-0.05, 0) is 73.9 Å². The quantitative estimate of drug-likeness (QED) is 0.237. The van der Waals surface area contributed by atoms with E-state index in [1.165, 1.54) is 22.9 Å². The van der Waals surface area contributed by atoms with E-state index in [0.29, 0.717) is 28.4 Å². The first-order valence-electron chi connectivity index (χ1n) is 9.94. The summed E-state index contributed by atoms with van der Waals surface area (Å²) in [7, 11) is 0. The molecular weight excluding hydrogens is 392 g/mol. The number of aryl methyl sites for hydroxylation is 3. The van der Waals surface area contributed by atoms with Crippen molar-refractivity contribution in [1.29, 1.82) is 0 Å². The van der Waals surface area contributed by atoms with E-state index < -0.39 is 0 Å². The maximum Gasteiger partial charge on any atom is 0.266 e. The van der Waals surface area contributed by atoms with Gasteiger partial charge in [0.05, 0.1) is 23.2 Å². The van der Waals surface area contributed by atoms with Crippen molar-refractivity contribution in [3.63, 3.8) is 0 Å². The van der Waals surface area contributed by atoms with Gasteiger partial charge in [-0.1, -0.05) is 42.1 Å². The first-order chi connectivity index (χ1) is 14.5. The van der Waals surface area contributed by atoms with Crippen molar-refractivity contribution < 1.29 is 4.74 Å². The summed E-state index contributed by atoms with van der Waals surface area (Å²) >= 11 is 1.53. The van der Waals surface area contributed by atoms with E-state index in [-0.39, 0.29) is 5.56 Å². The van der Waals surface area contributed by atoms with Crippen LogP contribution in [0.4, 0.5) is 0 Å². The first kappa shape index (κ1) is 20.2. The van der Waals surface area contributed by atoms with Gasteiger partial charge in [0.1, 0.15) is 5.75 Å². The second kappa shape index (κ2) is 8.76. The summed E-state index contributed by atoms with van der Waals surface area (Å²) in [5, 5.41) is 1.30. The smallest absolute Gasteiger partial charge is 0.266 e. The van der Waals surface area contributed by atoms with Gasteiger partial charge in [0, 0.05) is 5.75 Å². The van der Waals surface area contributed by atoms with E-state index in [0.717, 1.165) is 17.0 Å². The minimum Gasteiger partial charge on any atom is -0.493 e. The van der Waals surface area contributed by atoms with E-state index in [4.69, 9.17) is 9.72 Å². The number of thioether (sulfide) groups is 1. The maximum absolute atomic E-state index is 13.3. The zero-order valence-corrected chi connectivity index (χ0v) is 18.2. The van der Waals surface area contributed by atoms with Gasteiger partial charge in [0.15, 0.2) is 5.16 Å². The highest BCUT2D eigenvalue weighted by molar-refractivity contribution is 7.99. The third kappa shape index (κ3) is 4.26. The lowest BCUT2D eigenvalue weighted by Gasteiger charge is -2.14. The van der Waals surface area contributed by atoms with Crippen LogP contribution in [0.15, 0.2) is 76.7 Å². The molecule has 0 radical (unpaired) electrons. The van der Waals surface area contributed by atoms with E-state index in [9.17, 15) is 4.79 Å². The zero-order valence-electron chi connectivity index (χ0n) is 17.4. The molecule has 0 aliphatic heterocycles. The van der Waals surface area contributed by atoms with Crippen molar-refractivity contribution in [2.75, 3.05) is 12.4 Å². The molecule has 3 aromatic carbocycles. The van der Waals surface area contributed by atoms with Crippen molar-refractivity contribution in [3.8, 4) is 11.4 Å². The topological polar surface area (TPSA) is 44.1 Å². The predicted octanol–water partition coefficient (Wildman–Crippen LogP) is 5.48. The van der Waals surface area contributed by atoms with Gasteiger partial charge in [-0.25, -0.2) is 4.98 Å². The fourth-order valence-electron chi connectivity index (χ4n) is 3.30. The molecule has 30 heavy (non-hydrogen) atoms. The number of aromatic nitrogens is 2. The van der Waals surface area contributed by atoms with Crippen LogP contribution >= 0.6 is 11.8 Å². The Labute approximate surface area is 180 Å². The number of hydrogen-bond acceptors (Lipinski definition) is 4. The summed E-state index contributed by atoms with van der Waals surface area (Å²) in [4.78, 5) is 18.1. The maximum atomic E-state index is 13.3. The molecule has 0 amide bonds. The molecule has 0 atom stereocenters. The molecular formula is C25H24N2O2S. The van der Waals surface area contributed by atoms with Crippen molar-refractivity contribution in [1.82, 2.24) is 9.55 Å². The van der Waals surface area contributed by atoms with E-state index in [1.54, 1.807) is 4.57 Å². The lowest BCUT2D eigenvalue weighted by atomic mass is 10.1. The standard InChI is InChI=1S/C25H24N2O2S/c1-17-7-6-8-21(15-17)29-13-14-30-25-26-23-10-5-4-9-22(23)24(28)27(25)20-12-11-18(2)19(3)16-20/h4-12,15-16H,13-14H2,1-3H3. The highest BCUT2D eigenvalue weighted by Crippen LogP contribution is 2.23. The Hall–Kier alpha value is -3.05. The first-order valence-corrected chi connectivity index (χ1v) is 10.9. The van der Waals surface area contributed by atoms with Crippen LogP contribution in [0.3, 0.4) is 0 Å². The highest BCUT2D eigenvalue weighted by atomic mass is 32.2. The molecule has 0 N–H and O–H groups in total. The number of nitrogens with zero attached hydrogens (tertiary/aromatic N) is 2. The molecule has 0 saturated heterocycles. The van der Waals surface area contributed by atoms with Gasteiger partial charge >= 0.3 is 0 Å². The Morgan fingerprint density at radius 3 is 2.57 bits per heavy atom. The molecule has 1 aromatic heterocycles. The predicted molar refractivity (Wildman–Crippen MR) is 124 cm³/mol. The third-order valence-electron chi connectivity index (χ3n) is 5.07. The van der Waals surface area contributed by atoms with Crippen LogP contribution < -0.4 is 10.3 Å². The number of benzene rings is 3.